The first kappa shape index (κ1) is 15.9. The van der Waals surface area contributed by atoms with Gasteiger partial charge in [-0.1, -0.05) is 6.92 Å². The van der Waals surface area contributed by atoms with Crippen molar-refractivity contribution in [3.8, 4) is 0 Å². The Morgan fingerprint density at radius 3 is 2.75 bits per heavy atom. The second kappa shape index (κ2) is 5.11. The molecule has 5 rings (SSSR count). The summed E-state index contributed by atoms with van der Waals surface area (Å²) in [5.74, 6) is 5.71. The highest BCUT2D eigenvalue weighted by molar-refractivity contribution is 8.00. The van der Waals surface area contributed by atoms with E-state index in [2.05, 4.69) is 18.7 Å². The lowest BCUT2D eigenvalue weighted by molar-refractivity contribution is -0.139. The average Bonchev–Trinajstić information content (AvgIpc) is 3.02. The fraction of sp³-hybridized carbons (Fsp3) is 0.905. The van der Waals surface area contributed by atoms with E-state index >= 15 is 0 Å². The molecule has 0 N–H and O–H groups in total. The fourth-order valence-corrected chi connectivity index (χ4v) is 10.3. The number of hydrogen-bond acceptors (Lipinski definition) is 3. The molecule has 24 heavy (non-hydrogen) atoms. The summed E-state index contributed by atoms with van der Waals surface area (Å²) in [5, 5.41) is 0.731. The lowest BCUT2D eigenvalue weighted by atomic mass is 9.44. The number of rotatable bonds is 1. The van der Waals surface area contributed by atoms with E-state index in [1.165, 1.54) is 37.9 Å². The Bertz CT molecular complexity index is 601. The van der Waals surface area contributed by atoms with Gasteiger partial charge < -0.3 is 0 Å². The molecule has 0 aromatic heterocycles. The lowest BCUT2D eigenvalue weighted by Crippen LogP contribution is -2.56. The molecule has 0 aromatic carbocycles. The number of fused-ring (bicyclic) bond motifs is 3. The Morgan fingerprint density at radius 2 is 1.96 bits per heavy atom. The predicted octanol–water partition coefficient (Wildman–Crippen LogP) is 4.51. The van der Waals surface area contributed by atoms with Crippen LogP contribution < -0.4 is 0 Å². The van der Waals surface area contributed by atoms with E-state index in [0.717, 1.165) is 42.3 Å². The number of carbonyl (C=O) groups is 2. The van der Waals surface area contributed by atoms with Crippen molar-refractivity contribution >= 4 is 23.3 Å². The van der Waals surface area contributed by atoms with E-state index in [-0.39, 0.29) is 5.41 Å². The molecular weight excluding hydrogens is 316 g/mol. The highest BCUT2D eigenvalue weighted by atomic mass is 32.2. The topological polar surface area (TPSA) is 34.1 Å². The molecule has 3 heteroatoms. The number of carbonyl (C=O) groups excluding carboxylic acids is 2. The summed E-state index contributed by atoms with van der Waals surface area (Å²) < 4.78 is 0. The minimum absolute atomic E-state index is 0.269. The predicted molar refractivity (Wildman–Crippen MR) is 96.9 cm³/mol. The molecule has 0 aromatic rings. The van der Waals surface area contributed by atoms with Crippen molar-refractivity contribution in [1.29, 1.82) is 0 Å². The Kier molecular flexibility index (Phi) is 3.39. The summed E-state index contributed by atoms with van der Waals surface area (Å²) in [6.07, 6.45) is 9.19. The maximum atomic E-state index is 12.2. The molecule has 5 fully saturated rings. The van der Waals surface area contributed by atoms with Crippen molar-refractivity contribution in [3.05, 3.63) is 0 Å². The Balaban J connectivity index is 1.50. The maximum absolute atomic E-state index is 12.2. The summed E-state index contributed by atoms with van der Waals surface area (Å²) >= 11 is 2.20. The van der Waals surface area contributed by atoms with Crippen LogP contribution in [-0.4, -0.2) is 22.6 Å². The van der Waals surface area contributed by atoms with Crippen LogP contribution in [0.4, 0.5) is 0 Å². The van der Waals surface area contributed by atoms with Gasteiger partial charge in [0.1, 0.15) is 11.6 Å². The summed E-state index contributed by atoms with van der Waals surface area (Å²) in [7, 11) is 0. The monoisotopic (exact) mass is 346 g/mol. The van der Waals surface area contributed by atoms with Gasteiger partial charge in [-0.25, -0.2) is 0 Å². The molecule has 5 aliphatic rings. The zero-order valence-electron chi connectivity index (χ0n) is 15.1. The molecule has 0 amide bonds. The maximum Gasteiger partial charge on any atom is 0.133 e. The lowest BCUT2D eigenvalue weighted by Gasteiger charge is -2.59. The first-order valence-electron chi connectivity index (χ1n) is 10.1. The average molecular weight is 347 g/mol. The normalized spacial score (nSPS) is 55.7. The second-order valence-electron chi connectivity index (χ2n) is 9.83. The summed E-state index contributed by atoms with van der Waals surface area (Å²) in [4.78, 5) is 24.3. The molecule has 1 heterocycles. The molecular formula is C21H30O2S. The zero-order valence-corrected chi connectivity index (χ0v) is 15.9. The Hall–Kier alpha value is -0.310. The van der Waals surface area contributed by atoms with Gasteiger partial charge in [0.25, 0.3) is 0 Å². The Labute approximate surface area is 149 Å². The quantitative estimate of drug-likeness (QED) is 0.700. The highest BCUT2D eigenvalue weighted by Gasteiger charge is 2.66. The molecule has 4 saturated carbocycles. The SMILES string of the molecule is CC(=O)C1CCC2C3CC4SCC5(CCC(=O)CC45)C3CCC12C. The summed E-state index contributed by atoms with van der Waals surface area (Å²) in [6, 6.07) is 0. The third-order valence-corrected chi connectivity index (χ3v) is 10.9. The molecule has 8 unspecified atom stereocenters. The minimum atomic E-state index is 0.269. The minimum Gasteiger partial charge on any atom is -0.300 e. The van der Waals surface area contributed by atoms with Crippen LogP contribution in [0.25, 0.3) is 0 Å². The van der Waals surface area contributed by atoms with E-state index in [1.807, 2.05) is 6.92 Å². The van der Waals surface area contributed by atoms with Crippen LogP contribution >= 0.6 is 11.8 Å². The van der Waals surface area contributed by atoms with Crippen molar-refractivity contribution in [2.45, 2.75) is 70.5 Å². The molecule has 2 bridgehead atoms. The number of hydrogen-bond donors (Lipinski definition) is 0. The third-order valence-electron chi connectivity index (χ3n) is 9.24. The molecule has 1 aliphatic heterocycles. The highest BCUT2D eigenvalue weighted by Crippen LogP contribution is 2.71. The van der Waals surface area contributed by atoms with Crippen LogP contribution in [-0.2, 0) is 9.59 Å². The largest absolute Gasteiger partial charge is 0.300 e. The molecule has 2 nitrogen and oxygen atoms in total. The van der Waals surface area contributed by atoms with Gasteiger partial charge in [-0.15, -0.1) is 0 Å². The standard InChI is InChI=1S/C21H30O2S/c1-12(22)15-3-4-16-14-10-19-18-9-13(23)5-8-21(18,11-24-19)17(14)6-7-20(15,16)2/h14-19H,3-11H2,1-2H3. The second-order valence-corrected chi connectivity index (χ2v) is 11.1. The molecule has 0 spiro atoms. The van der Waals surface area contributed by atoms with Gasteiger partial charge in [-0.3, -0.25) is 9.59 Å². The van der Waals surface area contributed by atoms with Gasteiger partial charge in [0.15, 0.2) is 0 Å². The fourth-order valence-electron chi connectivity index (χ4n) is 8.23. The number of Topliss-reactive ketones (excluding diaryl/α,β-unsaturated/α-hetero) is 2. The summed E-state index contributed by atoms with van der Waals surface area (Å²) in [5.41, 5.74) is 0.743. The van der Waals surface area contributed by atoms with Crippen molar-refractivity contribution in [1.82, 2.24) is 0 Å². The number of thioether (sulfide) groups is 1. The van der Waals surface area contributed by atoms with Crippen molar-refractivity contribution in [2.75, 3.05) is 5.75 Å². The van der Waals surface area contributed by atoms with Gasteiger partial charge in [-0.2, -0.15) is 11.8 Å². The molecule has 132 valence electrons. The van der Waals surface area contributed by atoms with Gasteiger partial charge in [0.2, 0.25) is 0 Å². The summed E-state index contributed by atoms with van der Waals surface area (Å²) in [6.45, 7) is 4.27. The smallest absolute Gasteiger partial charge is 0.133 e. The molecule has 4 aliphatic carbocycles. The van der Waals surface area contributed by atoms with E-state index in [9.17, 15) is 9.59 Å². The van der Waals surface area contributed by atoms with Gasteiger partial charge in [0, 0.05) is 24.0 Å². The van der Waals surface area contributed by atoms with Gasteiger partial charge in [0.05, 0.1) is 0 Å². The van der Waals surface area contributed by atoms with Crippen molar-refractivity contribution in [2.24, 2.45) is 40.4 Å². The van der Waals surface area contributed by atoms with E-state index < -0.39 is 0 Å². The van der Waals surface area contributed by atoms with Gasteiger partial charge in [-0.05, 0) is 85.7 Å². The van der Waals surface area contributed by atoms with E-state index in [4.69, 9.17) is 0 Å². The number of ketones is 2. The first-order chi connectivity index (χ1) is 11.5. The van der Waals surface area contributed by atoms with E-state index in [0.29, 0.717) is 28.8 Å². The molecule has 8 atom stereocenters. The first-order valence-corrected chi connectivity index (χ1v) is 11.1. The van der Waals surface area contributed by atoms with Gasteiger partial charge >= 0.3 is 0 Å². The van der Waals surface area contributed by atoms with Crippen molar-refractivity contribution < 1.29 is 9.59 Å². The van der Waals surface area contributed by atoms with Crippen LogP contribution in [0.1, 0.15) is 65.2 Å². The van der Waals surface area contributed by atoms with E-state index in [1.54, 1.807) is 0 Å². The Morgan fingerprint density at radius 1 is 1.12 bits per heavy atom. The molecule has 0 radical (unpaired) electrons. The van der Waals surface area contributed by atoms with Crippen LogP contribution in [0.2, 0.25) is 0 Å². The van der Waals surface area contributed by atoms with Crippen LogP contribution in [0.3, 0.4) is 0 Å². The third kappa shape index (κ3) is 1.86. The molecule has 1 saturated heterocycles. The van der Waals surface area contributed by atoms with Crippen molar-refractivity contribution in [3.63, 3.8) is 0 Å². The zero-order chi connectivity index (χ0) is 16.7. The van der Waals surface area contributed by atoms with Crippen LogP contribution in [0.15, 0.2) is 0 Å². The van der Waals surface area contributed by atoms with Crippen LogP contribution in [0.5, 0.6) is 0 Å². The van der Waals surface area contributed by atoms with Crippen LogP contribution in [0, 0.1) is 40.4 Å².